The highest BCUT2D eigenvalue weighted by atomic mass is 35.5. The summed E-state index contributed by atoms with van der Waals surface area (Å²) in [5, 5.41) is 3.90. The Morgan fingerprint density at radius 2 is 1.66 bits per heavy atom. The Hall–Kier alpha value is -1.69. The highest BCUT2D eigenvalue weighted by molar-refractivity contribution is 7.99. The maximum atomic E-state index is 13.3. The Bertz CT molecular complexity index is 909. The van der Waals surface area contributed by atoms with Gasteiger partial charge in [-0.1, -0.05) is 65.5 Å². The molecule has 0 radical (unpaired) electrons. The average molecular weight is 496 g/mol. The maximum Gasteiger partial charge on any atom is 0.243 e. The Morgan fingerprint density at radius 1 is 1.06 bits per heavy atom. The standard InChI is InChI=1S/C25H32Cl2N2O2S/c1-6-23(25(31)28-16(2)3)29(13-20-21(26)8-7-9-22(20)27)24(30)15-32-14-19-11-17(4)10-18(5)12-19/h7-12,16,23H,6,13-15H2,1-5H3,(H,28,31)/t23-/m1/s1. The summed E-state index contributed by atoms with van der Waals surface area (Å²) in [5.74, 6) is 0.712. The van der Waals surface area contributed by atoms with Crippen LogP contribution < -0.4 is 5.32 Å². The van der Waals surface area contributed by atoms with Gasteiger partial charge in [0, 0.05) is 33.9 Å². The van der Waals surface area contributed by atoms with Crippen LogP contribution in [0.1, 0.15) is 49.4 Å². The Labute approximate surface area is 206 Å². The van der Waals surface area contributed by atoms with Crippen LogP contribution in [0.4, 0.5) is 0 Å². The lowest BCUT2D eigenvalue weighted by atomic mass is 10.1. The van der Waals surface area contributed by atoms with E-state index in [1.54, 1.807) is 34.9 Å². The minimum atomic E-state index is -0.598. The van der Waals surface area contributed by atoms with Gasteiger partial charge in [0.25, 0.3) is 0 Å². The highest BCUT2D eigenvalue weighted by Gasteiger charge is 2.29. The van der Waals surface area contributed by atoms with Gasteiger partial charge < -0.3 is 10.2 Å². The van der Waals surface area contributed by atoms with Crippen molar-refractivity contribution in [3.8, 4) is 0 Å². The van der Waals surface area contributed by atoms with E-state index in [9.17, 15) is 9.59 Å². The van der Waals surface area contributed by atoms with Crippen LogP contribution in [0.3, 0.4) is 0 Å². The normalized spacial score (nSPS) is 12.0. The number of aryl methyl sites for hydroxylation is 2. The fraction of sp³-hybridized carbons (Fsp3) is 0.440. The second kappa shape index (κ2) is 12.5. The van der Waals surface area contributed by atoms with E-state index in [4.69, 9.17) is 23.2 Å². The van der Waals surface area contributed by atoms with E-state index in [2.05, 4.69) is 37.4 Å². The molecule has 2 aromatic rings. The van der Waals surface area contributed by atoms with Crippen LogP contribution in [0, 0.1) is 13.8 Å². The minimum absolute atomic E-state index is 0.0173. The number of nitrogens with one attached hydrogen (secondary N) is 1. The van der Waals surface area contributed by atoms with Crippen molar-refractivity contribution in [3.63, 3.8) is 0 Å². The molecule has 0 bridgehead atoms. The van der Waals surface area contributed by atoms with Gasteiger partial charge in [0.1, 0.15) is 6.04 Å². The van der Waals surface area contributed by atoms with Gasteiger partial charge in [-0.15, -0.1) is 11.8 Å². The molecule has 0 aromatic heterocycles. The Balaban J connectivity index is 2.21. The third-order valence-corrected chi connectivity index (χ3v) is 6.68. The molecule has 174 valence electrons. The van der Waals surface area contributed by atoms with E-state index in [-0.39, 0.29) is 30.2 Å². The van der Waals surface area contributed by atoms with Crippen LogP contribution in [-0.2, 0) is 21.9 Å². The van der Waals surface area contributed by atoms with Crippen molar-refractivity contribution < 1.29 is 9.59 Å². The van der Waals surface area contributed by atoms with E-state index in [1.807, 2.05) is 20.8 Å². The van der Waals surface area contributed by atoms with Crippen molar-refractivity contribution in [3.05, 3.63) is 68.7 Å². The topological polar surface area (TPSA) is 49.4 Å². The first-order valence-electron chi connectivity index (χ1n) is 10.8. The molecule has 0 spiro atoms. The molecule has 2 rings (SSSR count). The van der Waals surface area contributed by atoms with Gasteiger partial charge in [0.05, 0.1) is 5.75 Å². The number of amides is 2. The van der Waals surface area contributed by atoms with E-state index in [0.29, 0.717) is 22.0 Å². The zero-order valence-electron chi connectivity index (χ0n) is 19.4. The minimum Gasteiger partial charge on any atom is -0.352 e. The zero-order chi connectivity index (χ0) is 23.8. The molecule has 0 saturated carbocycles. The van der Waals surface area contributed by atoms with Gasteiger partial charge in [-0.25, -0.2) is 0 Å². The summed E-state index contributed by atoms with van der Waals surface area (Å²) in [6, 6.07) is 11.0. The van der Waals surface area contributed by atoms with Crippen LogP contribution in [-0.4, -0.2) is 34.6 Å². The van der Waals surface area contributed by atoms with Crippen molar-refractivity contribution in [2.75, 3.05) is 5.75 Å². The van der Waals surface area contributed by atoms with Crippen molar-refractivity contribution in [2.24, 2.45) is 0 Å². The lowest BCUT2D eigenvalue weighted by Crippen LogP contribution is -2.51. The molecule has 0 heterocycles. The van der Waals surface area contributed by atoms with Crippen molar-refractivity contribution in [2.45, 2.75) is 65.4 Å². The molecule has 0 saturated heterocycles. The number of nitrogens with zero attached hydrogens (tertiary/aromatic N) is 1. The van der Waals surface area contributed by atoms with Crippen molar-refractivity contribution in [1.29, 1.82) is 0 Å². The van der Waals surface area contributed by atoms with Gasteiger partial charge in [0.2, 0.25) is 11.8 Å². The van der Waals surface area contributed by atoms with Crippen molar-refractivity contribution >= 4 is 46.8 Å². The summed E-state index contributed by atoms with van der Waals surface area (Å²) in [6.07, 6.45) is 0.494. The van der Waals surface area contributed by atoms with Crippen LogP contribution in [0.15, 0.2) is 36.4 Å². The van der Waals surface area contributed by atoms with E-state index >= 15 is 0 Å². The molecule has 1 N–H and O–H groups in total. The molecule has 7 heteroatoms. The number of carbonyl (C=O) groups is 2. The molecule has 2 aromatic carbocycles. The predicted octanol–water partition coefficient (Wildman–Crippen LogP) is 6.18. The van der Waals surface area contributed by atoms with Crippen LogP contribution in [0.5, 0.6) is 0 Å². The summed E-state index contributed by atoms with van der Waals surface area (Å²) in [7, 11) is 0. The monoisotopic (exact) mass is 494 g/mol. The first-order valence-corrected chi connectivity index (χ1v) is 12.7. The van der Waals surface area contributed by atoms with E-state index in [0.717, 1.165) is 5.75 Å². The lowest BCUT2D eigenvalue weighted by molar-refractivity contribution is -0.139. The van der Waals surface area contributed by atoms with Crippen LogP contribution in [0.2, 0.25) is 10.0 Å². The summed E-state index contributed by atoms with van der Waals surface area (Å²) < 4.78 is 0. The smallest absolute Gasteiger partial charge is 0.243 e. The van der Waals surface area contributed by atoms with Gasteiger partial charge in [0.15, 0.2) is 0 Å². The Morgan fingerprint density at radius 3 is 2.19 bits per heavy atom. The van der Waals surface area contributed by atoms with E-state index in [1.165, 1.54) is 16.7 Å². The second-order valence-electron chi connectivity index (χ2n) is 8.30. The fourth-order valence-corrected chi connectivity index (χ4v) is 5.01. The molecular weight excluding hydrogens is 463 g/mol. The third kappa shape index (κ3) is 7.72. The van der Waals surface area contributed by atoms with Crippen molar-refractivity contribution in [1.82, 2.24) is 10.2 Å². The first kappa shape index (κ1) is 26.6. The number of hydrogen-bond donors (Lipinski definition) is 1. The van der Waals surface area contributed by atoms with Gasteiger partial charge in [-0.05, 0) is 51.8 Å². The number of carbonyl (C=O) groups excluding carboxylic acids is 2. The maximum absolute atomic E-state index is 13.3. The molecule has 0 aliphatic rings. The number of thioether (sulfide) groups is 1. The zero-order valence-corrected chi connectivity index (χ0v) is 21.7. The third-order valence-electron chi connectivity index (χ3n) is 4.98. The van der Waals surface area contributed by atoms with Gasteiger partial charge in [-0.3, -0.25) is 9.59 Å². The molecule has 0 aliphatic carbocycles. The second-order valence-corrected chi connectivity index (χ2v) is 10.1. The molecule has 0 fully saturated rings. The van der Waals surface area contributed by atoms with Crippen LogP contribution >= 0.6 is 35.0 Å². The number of halogens is 2. The molecule has 32 heavy (non-hydrogen) atoms. The number of benzene rings is 2. The molecule has 2 amide bonds. The predicted molar refractivity (Wildman–Crippen MR) is 136 cm³/mol. The number of hydrogen-bond acceptors (Lipinski definition) is 3. The fourth-order valence-electron chi connectivity index (χ4n) is 3.65. The summed E-state index contributed by atoms with van der Waals surface area (Å²) in [6.45, 7) is 10.0. The Kier molecular flexibility index (Phi) is 10.4. The molecule has 1 atom stereocenters. The van der Waals surface area contributed by atoms with Gasteiger partial charge in [-0.2, -0.15) is 0 Å². The molecule has 4 nitrogen and oxygen atoms in total. The summed E-state index contributed by atoms with van der Waals surface area (Å²) in [4.78, 5) is 27.8. The van der Waals surface area contributed by atoms with Crippen LogP contribution in [0.25, 0.3) is 0 Å². The lowest BCUT2D eigenvalue weighted by Gasteiger charge is -2.31. The number of rotatable bonds is 10. The summed E-state index contributed by atoms with van der Waals surface area (Å²) in [5.41, 5.74) is 4.25. The van der Waals surface area contributed by atoms with Gasteiger partial charge >= 0.3 is 0 Å². The highest BCUT2D eigenvalue weighted by Crippen LogP contribution is 2.27. The molecule has 0 aliphatic heterocycles. The SMILES string of the molecule is CC[C@H](C(=O)NC(C)C)N(Cc1c(Cl)cccc1Cl)C(=O)CSCc1cc(C)cc(C)c1. The first-order chi connectivity index (χ1) is 15.1. The molecule has 0 unspecified atom stereocenters. The molecular formula is C25H32Cl2N2O2S. The average Bonchev–Trinajstić information content (AvgIpc) is 2.68. The quantitative estimate of drug-likeness (QED) is 0.429. The summed E-state index contributed by atoms with van der Waals surface area (Å²) >= 11 is 14.3. The largest absolute Gasteiger partial charge is 0.352 e. The van der Waals surface area contributed by atoms with E-state index < -0.39 is 6.04 Å².